The maximum Gasteiger partial charge on any atom is 0.257 e. The van der Waals surface area contributed by atoms with E-state index in [1.54, 1.807) is 11.1 Å². The summed E-state index contributed by atoms with van der Waals surface area (Å²) in [6.45, 7) is 5.60. The standard InChI is InChI=1S/C20H23ClF2N8O/c1-3-16(32)31-9-12(5-4-11(31)2)26-19-17-14(21)7-24-18(17)28-20(29-19)27-13-6-25-30(8-13)10-15(22)23/h3,6-8,11-12,15H,1,4-5,9-10H2,2H3,(H3,24,26,27,28,29)/t11-,12+/m0/s1. The predicted octanol–water partition coefficient (Wildman–Crippen LogP) is 3.79. The highest BCUT2D eigenvalue weighted by molar-refractivity contribution is 6.36. The van der Waals surface area contributed by atoms with Gasteiger partial charge in [-0.25, -0.2) is 8.78 Å². The third-order valence-corrected chi connectivity index (χ3v) is 5.68. The third kappa shape index (κ3) is 4.67. The summed E-state index contributed by atoms with van der Waals surface area (Å²) in [5.41, 5.74) is 0.987. The van der Waals surface area contributed by atoms with E-state index in [2.05, 4.69) is 37.3 Å². The Bertz CT molecular complexity index is 1130. The fraction of sp³-hybridized carbons (Fsp3) is 0.400. The molecule has 170 valence electrons. The fourth-order valence-corrected chi connectivity index (χ4v) is 4.03. The van der Waals surface area contributed by atoms with E-state index in [4.69, 9.17) is 11.6 Å². The second kappa shape index (κ2) is 9.11. The minimum absolute atomic E-state index is 0.0409. The zero-order chi connectivity index (χ0) is 22.8. The molecule has 32 heavy (non-hydrogen) atoms. The summed E-state index contributed by atoms with van der Waals surface area (Å²) in [4.78, 5) is 25.9. The Balaban J connectivity index is 1.58. The summed E-state index contributed by atoms with van der Waals surface area (Å²) in [6, 6.07) is 0.0858. The highest BCUT2D eigenvalue weighted by Crippen LogP contribution is 2.31. The first-order valence-corrected chi connectivity index (χ1v) is 10.5. The van der Waals surface area contributed by atoms with Crippen LogP contribution in [0, 0.1) is 0 Å². The maximum atomic E-state index is 12.6. The van der Waals surface area contributed by atoms with Crippen LogP contribution in [0.3, 0.4) is 0 Å². The number of piperidine rings is 1. The minimum Gasteiger partial charge on any atom is -0.365 e. The molecule has 0 radical (unpaired) electrons. The van der Waals surface area contributed by atoms with Crippen LogP contribution in [0.1, 0.15) is 19.8 Å². The average Bonchev–Trinajstić information content (AvgIpc) is 3.34. The topological polar surface area (TPSA) is 104 Å². The molecule has 0 spiro atoms. The van der Waals surface area contributed by atoms with Gasteiger partial charge in [0.1, 0.15) is 18.0 Å². The number of halogens is 3. The molecular formula is C20H23ClF2N8O. The molecule has 9 nitrogen and oxygen atoms in total. The van der Waals surface area contributed by atoms with Crippen LogP contribution in [-0.4, -0.2) is 60.6 Å². The second-order valence-electron chi connectivity index (χ2n) is 7.69. The molecule has 0 aromatic carbocycles. The van der Waals surface area contributed by atoms with E-state index in [-0.39, 0.29) is 23.9 Å². The minimum atomic E-state index is -2.50. The molecule has 3 aromatic rings. The molecule has 0 bridgehead atoms. The zero-order valence-electron chi connectivity index (χ0n) is 17.4. The molecule has 0 saturated carbocycles. The number of H-pyrrole nitrogens is 1. The van der Waals surface area contributed by atoms with Crippen molar-refractivity contribution in [1.29, 1.82) is 0 Å². The molecule has 3 aromatic heterocycles. The summed E-state index contributed by atoms with van der Waals surface area (Å²) in [5.74, 6) is 0.646. The number of nitrogens with one attached hydrogen (secondary N) is 3. The van der Waals surface area contributed by atoms with E-state index in [0.717, 1.165) is 17.5 Å². The lowest BCUT2D eigenvalue weighted by Crippen LogP contribution is -2.49. The van der Waals surface area contributed by atoms with E-state index in [0.29, 0.717) is 34.1 Å². The van der Waals surface area contributed by atoms with Crippen LogP contribution in [-0.2, 0) is 11.3 Å². The molecule has 4 rings (SSSR count). The van der Waals surface area contributed by atoms with Gasteiger partial charge in [0, 0.05) is 31.0 Å². The van der Waals surface area contributed by atoms with E-state index in [1.165, 1.54) is 18.5 Å². The largest absolute Gasteiger partial charge is 0.365 e. The Hall–Kier alpha value is -3.21. The molecule has 12 heteroatoms. The van der Waals surface area contributed by atoms with Crippen LogP contribution in [0.25, 0.3) is 11.0 Å². The summed E-state index contributed by atoms with van der Waals surface area (Å²) in [5, 5.41) is 11.4. The lowest BCUT2D eigenvalue weighted by atomic mass is 9.99. The van der Waals surface area contributed by atoms with Gasteiger partial charge in [-0.3, -0.25) is 9.48 Å². The molecular weight excluding hydrogens is 442 g/mol. The number of nitrogens with zero attached hydrogens (tertiary/aromatic N) is 5. The first kappa shape index (κ1) is 22.0. The Labute approximate surface area is 187 Å². The zero-order valence-corrected chi connectivity index (χ0v) is 18.1. The van der Waals surface area contributed by atoms with Crippen molar-refractivity contribution in [3.8, 4) is 0 Å². The van der Waals surface area contributed by atoms with Crippen molar-refractivity contribution < 1.29 is 13.6 Å². The number of hydrogen-bond donors (Lipinski definition) is 3. The molecule has 0 aliphatic carbocycles. The number of rotatable bonds is 7. The van der Waals surface area contributed by atoms with Gasteiger partial charge in [-0.2, -0.15) is 15.1 Å². The first-order valence-electron chi connectivity index (χ1n) is 10.2. The molecule has 1 saturated heterocycles. The number of carbonyl (C=O) groups excluding carboxylic acids is 1. The smallest absolute Gasteiger partial charge is 0.257 e. The Kier molecular flexibility index (Phi) is 6.26. The van der Waals surface area contributed by atoms with Gasteiger partial charge in [0.2, 0.25) is 11.9 Å². The number of aromatic amines is 1. The van der Waals surface area contributed by atoms with Crippen LogP contribution in [0.4, 0.5) is 26.2 Å². The van der Waals surface area contributed by atoms with E-state index >= 15 is 0 Å². The Morgan fingerprint density at radius 1 is 1.44 bits per heavy atom. The van der Waals surface area contributed by atoms with Crippen molar-refractivity contribution in [3.05, 3.63) is 36.3 Å². The van der Waals surface area contributed by atoms with Gasteiger partial charge < -0.3 is 20.5 Å². The van der Waals surface area contributed by atoms with Gasteiger partial charge >= 0.3 is 0 Å². The van der Waals surface area contributed by atoms with Gasteiger partial charge in [0.05, 0.1) is 22.3 Å². The van der Waals surface area contributed by atoms with Crippen LogP contribution in [0.15, 0.2) is 31.2 Å². The summed E-state index contributed by atoms with van der Waals surface area (Å²) in [7, 11) is 0. The summed E-state index contributed by atoms with van der Waals surface area (Å²) in [6.07, 6.45) is 4.99. The number of amides is 1. The molecule has 2 atom stereocenters. The van der Waals surface area contributed by atoms with Crippen LogP contribution in [0.5, 0.6) is 0 Å². The number of carbonyl (C=O) groups is 1. The van der Waals surface area contributed by atoms with Gasteiger partial charge in [-0.1, -0.05) is 18.2 Å². The van der Waals surface area contributed by atoms with Crippen molar-refractivity contribution in [2.24, 2.45) is 0 Å². The maximum absolute atomic E-state index is 12.6. The van der Waals surface area contributed by atoms with Crippen molar-refractivity contribution in [1.82, 2.24) is 29.6 Å². The molecule has 1 aliphatic rings. The van der Waals surface area contributed by atoms with Crippen LogP contribution < -0.4 is 10.6 Å². The van der Waals surface area contributed by atoms with E-state index < -0.39 is 13.0 Å². The number of hydrogen-bond acceptors (Lipinski definition) is 6. The van der Waals surface area contributed by atoms with Gasteiger partial charge in [-0.15, -0.1) is 0 Å². The Morgan fingerprint density at radius 2 is 2.25 bits per heavy atom. The highest BCUT2D eigenvalue weighted by Gasteiger charge is 2.28. The fourth-order valence-electron chi connectivity index (χ4n) is 3.80. The first-order chi connectivity index (χ1) is 15.3. The molecule has 3 N–H and O–H groups in total. The van der Waals surface area contributed by atoms with E-state index in [9.17, 15) is 13.6 Å². The second-order valence-corrected chi connectivity index (χ2v) is 8.09. The lowest BCUT2D eigenvalue weighted by Gasteiger charge is -2.38. The quantitative estimate of drug-likeness (QED) is 0.459. The molecule has 4 heterocycles. The van der Waals surface area contributed by atoms with Crippen molar-refractivity contribution in [2.75, 3.05) is 17.2 Å². The van der Waals surface area contributed by atoms with Gasteiger partial charge in [-0.05, 0) is 25.8 Å². The molecule has 0 unspecified atom stereocenters. The monoisotopic (exact) mass is 464 g/mol. The SMILES string of the molecule is C=CC(=O)N1C[C@H](Nc2nc(Nc3cnn(CC(F)F)c3)nc3[nH]cc(Cl)c23)CC[C@@H]1C. The summed E-state index contributed by atoms with van der Waals surface area (Å²) >= 11 is 6.35. The normalized spacial score (nSPS) is 18.8. The lowest BCUT2D eigenvalue weighted by molar-refractivity contribution is -0.129. The number of alkyl halides is 2. The number of likely N-dealkylation sites (tertiary alicyclic amines) is 1. The predicted molar refractivity (Wildman–Crippen MR) is 118 cm³/mol. The summed E-state index contributed by atoms with van der Waals surface area (Å²) < 4.78 is 26.3. The number of aromatic nitrogens is 5. The van der Waals surface area contributed by atoms with E-state index in [1.807, 2.05) is 6.92 Å². The average molecular weight is 465 g/mol. The number of fused-ring (bicyclic) bond motifs is 1. The molecule has 1 amide bonds. The molecule has 1 aliphatic heterocycles. The van der Waals surface area contributed by atoms with Crippen molar-refractivity contribution >= 4 is 46.0 Å². The number of anilines is 3. The highest BCUT2D eigenvalue weighted by atomic mass is 35.5. The van der Waals surface area contributed by atoms with Crippen LogP contribution >= 0.6 is 11.6 Å². The third-order valence-electron chi connectivity index (χ3n) is 5.38. The van der Waals surface area contributed by atoms with Gasteiger partial charge in [0.15, 0.2) is 0 Å². The van der Waals surface area contributed by atoms with Crippen molar-refractivity contribution in [3.63, 3.8) is 0 Å². The molecule has 1 fully saturated rings. The van der Waals surface area contributed by atoms with Gasteiger partial charge in [0.25, 0.3) is 6.43 Å². The Morgan fingerprint density at radius 3 is 3.00 bits per heavy atom. The van der Waals surface area contributed by atoms with Crippen molar-refractivity contribution in [2.45, 2.75) is 44.8 Å². The van der Waals surface area contributed by atoms with Crippen LogP contribution in [0.2, 0.25) is 5.02 Å².